The molecule has 158 valence electrons. The van der Waals surface area contributed by atoms with E-state index in [0.29, 0.717) is 25.1 Å². The molecule has 0 radical (unpaired) electrons. The van der Waals surface area contributed by atoms with Crippen LogP contribution in [0.5, 0.6) is 0 Å². The van der Waals surface area contributed by atoms with Gasteiger partial charge < -0.3 is 4.90 Å². The van der Waals surface area contributed by atoms with E-state index in [2.05, 4.69) is 4.72 Å². The van der Waals surface area contributed by atoms with Crippen LogP contribution in [0.15, 0.2) is 41.3 Å². The fourth-order valence-corrected chi connectivity index (χ4v) is 3.99. The molecule has 0 spiro atoms. The van der Waals surface area contributed by atoms with E-state index in [9.17, 15) is 13.6 Å². The lowest BCUT2D eigenvalue weighted by atomic mass is 9.98. The Morgan fingerprint density at radius 3 is 2.38 bits per heavy atom. The molecule has 1 aliphatic heterocycles. The number of carbonyl (C=O) groups is 1. The van der Waals surface area contributed by atoms with Gasteiger partial charge in [0.05, 0.1) is 0 Å². The zero-order chi connectivity index (χ0) is 21.6. The van der Waals surface area contributed by atoms with E-state index in [1.165, 1.54) is 30.1 Å². The largest absolute Gasteiger partial charge is 0.338 e. The van der Waals surface area contributed by atoms with Gasteiger partial charge in [-0.15, -0.1) is 0 Å². The molecule has 1 atom stereocenters. The van der Waals surface area contributed by atoms with Crippen LogP contribution >= 0.6 is 11.9 Å². The van der Waals surface area contributed by atoms with Gasteiger partial charge in [0.25, 0.3) is 0 Å². The molecule has 0 saturated heterocycles. The number of carbonyl (C=O) groups excluding carboxylic acids is 1. The van der Waals surface area contributed by atoms with Gasteiger partial charge in [0.2, 0.25) is 5.91 Å². The Labute approximate surface area is 177 Å². The zero-order valence-corrected chi connectivity index (χ0v) is 18.6. The maximum absolute atomic E-state index is 14.6. The summed E-state index contributed by atoms with van der Waals surface area (Å²) in [6, 6.07) is 9.83. The van der Waals surface area contributed by atoms with Crippen LogP contribution in [0.2, 0.25) is 0 Å². The predicted molar refractivity (Wildman–Crippen MR) is 116 cm³/mol. The number of rotatable bonds is 5. The Kier molecular flexibility index (Phi) is 8.65. The second kappa shape index (κ2) is 10.7. The fraction of sp³-hybridized carbons (Fsp3) is 0.435. The molecule has 0 bridgehead atoms. The number of fused-ring (bicyclic) bond motifs is 1. The Morgan fingerprint density at radius 2 is 1.76 bits per heavy atom. The highest BCUT2D eigenvalue weighted by Crippen LogP contribution is 2.29. The maximum atomic E-state index is 14.6. The topological polar surface area (TPSA) is 32.3 Å². The zero-order valence-electron chi connectivity index (χ0n) is 17.8. The minimum atomic E-state index is -0.271. The lowest BCUT2D eigenvalue weighted by molar-refractivity contribution is -0.135. The van der Waals surface area contributed by atoms with Crippen molar-refractivity contribution in [2.45, 2.75) is 58.5 Å². The van der Waals surface area contributed by atoms with Crippen molar-refractivity contribution in [3.05, 3.63) is 64.7 Å². The van der Waals surface area contributed by atoms with Crippen molar-refractivity contribution in [1.29, 1.82) is 0 Å². The summed E-state index contributed by atoms with van der Waals surface area (Å²) in [5, 5.41) is 0. The molecule has 0 unspecified atom stereocenters. The van der Waals surface area contributed by atoms with Crippen molar-refractivity contribution in [3.8, 4) is 0 Å². The van der Waals surface area contributed by atoms with E-state index in [-0.39, 0.29) is 29.5 Å². The van der Waals surface area contributed by atoms with Crippen molar-refractivity contribution >= 4 is 17.9 Å². The first kappa shape index (κ1) is 23.4. The van der Waals surface area contributed by atoms with E-state index >= 15 is 0 Å². The number of amides is 1. The average Bonchev–Trinajstić information content (AvgIpc) is 2.73. The number of hydrogen-bond donors (Lipinski definition) is 1. The third-order valence-corrected chi connectivity index (χ3v) is 5.73. The molecule has 0 aliphatic carbocycles. The second-order valence-electron chi connectivity index (χ2n) is 7.20. The van der Waals surface area contributed by atoms with Crippen LogP contribution in [0.4, 0.5) is 8.78 Å². The summed E-state index contributed by atoms with van der Waals surface area (Å²) in [5.41, 5.74) is 2.54. The first-order valence-corrected chi connectivity index (χ1v) is 10.9. The minimum absolute atomic E-state index is 0.00570. The Bertz CT molecular complexity index is 824. The van der Waals surface area contributed by atoms with E-state index < -0.39 is 0 Å². The summed E-state index contributed by atoms with van der Waals surface area (Å²) in [5.74, 6) is -0.553. The third-order valence-electron chi connectivity index (χ3n) is 4.79. The Morgan fingerprint density at radius 1 is 1.10 bits per heavy atom. The van der Waals surface area contributed by atoms with Crippen molar-refractivity contribution in [1.82, 2.24) is 9.62 Å². The molecule has 2 aromatic carbocycles. The number of benzene rings is 2. The summed E-state index contributed by atoms with van der Waals surface area (Å²) in [6.07, 6.45) is 0.659. The van der Waals surface area contributed by atoms with E-state index in [1.54, 1.807) is 17.0 Å². The lowest BCUT2D eigenvalue weighted by Crippen LogP contribution is -2.38. The molecule has 0 fully saturated rings. The Balaban J connectivity index is 0.00000145. The molecule has 1 N–H and O–H groups in total. The number of halogens is 2. The van der Waals surface area contributed by atoms with Crippen LogP contribution in [0.1, 0.15) is 57.4 Å². The normalized spacial score (nSPS) is 14.1. The fourth-order valence-electron chi connectivity index (χ4n) is 3.18. The van der Waals surface area contributed by atoms with E-state index in [4.69, 9.17) is 0 Å². The molecule has 2 aromatic rings. The highest BCUT2D eigenvalue weighted by atomic mass is 32.2. The smallest absolute Gasteiger partial charge is 0.225 e. The van der Waals surface area contributed by atoms with Crippen molar-refractivity contribution in [3.63, 3.8) is 0 Å². The van der Waals surface area contributed by atoms with E-state index in [0.717, 1.165) is 16.0 Å². The summed E-state index contributed by atoms with van der Waals surface area (Å²) in [6.45, 7) is 10.7. The van der Waals surface area contributed by atoms with Gasteiger partial charge in [-0.3, -0.25) is 9.52 Å². The number of nitrogens with zero attached hydrogens (tertiary/aromatic N) is 1. The van der Waals surface area contributed by atoms with Gasteiger partial charge in [-0.05, 0) is 60.7 Å². The summed E-state index contributed by atoms with van der Waals surface area (Å²) < 4.78 is 30.9. The molecule has 1 amide bonds. The first-order chi connectivity index (χ1) is 13.8. The maximum Gasteiger partial charge on any atom is 0.225 e. The number of hydrogen-bond acceptors (Lipinski definition) is 3. The summed E-state index contributed by atoms with van der Waals surface area (Å²) in [7, 11) is 0. The van der Waals surface area contributed by atoms with Crippen molar-refractivity contribution in [2.24, 2.45) is 5.92 Å². The third kappa shape index (κ3) is 6.03. The minimum Gasteiger partial charge on any atom is -0.338 e. The monoisotopic (exact) mass is 420 g/mol. The number of nitrogens with one attached hydrogen (secondary N) is 1. The van der Waals surface area contributed by atoms with Crippen LogP contribution in [-0.4, -0.2) is 17.4 Å². The molecule has 1 heterocycles. The molecule has 1 aliphatic rings. The van der Waals surface area contributed by atoms with E-state index in [1.807, 2.05) is 40.7 Å². The van der Waals surface area contributed by atoms with Gasteiger partial charge in [-0.1, -0.05) is 39.8 Å². The van der Waals surface area contributed by atoms with Gasteiger partial charge >= 0.3 is 0 Å². The summed E-state index contributed by atoms with van der Waals surface area (Å²) >= 11 is 1.36. The molecule has 3 rings (SSSR count). The molecule has 0 aromatic heterocycles. The highest BCUT2D eigenvalue weighted by Gasteiger charge is 2.25. The van der Waals surface area contributed by atoms with Crippen LogP contribution in [0, 0.1) is 17.6 Å². The van der Waals surface area contributed by atoms with Gasteiger partial charge in [0.15, 0.2) is 0 Å². The molecular weight excluding hydrogens is 390 g/mol. The molecule has 6 heteroatoms. The highest BCUT2D eigenvalue weighted by molar-refractivity contribution is 7.97. The predicted octanol–water partition coefficient (Wildman–Crippen LogP) is 5.89. The molecular formula is C23H30F2N2OS. The SMILES string of the molecule is CC.CC(C)C(=O)N1CCc2cc(SN[C@@H](C)c3ccc(F)cc3)cc(F)c2C1. The molecule has 29 heavy (non-hydrogen) atoms. The standard InChI is InChI=1S/C21H24F2N2OS.C2H6/c1-13(2)21(26)25-9-8-16-10-18(11-20(23)19(16)12-25)27-24-14(3)15-4-6-17(22)7-5-15;1-2/h4-7,10-11,13-14,24H,8-9,12H2,1-3H3;1-2H3/t14-;/m0./s1. The first-order valence-electron chi connectivity index (χ1n) is 10.1. The molecule has 3 nitrogen and oxygen atoms in total. The Hall–Kier alpha value is -1.92. The van der Waals surface area contributed by atoms with Gasteiger partial charge in [-0.2, -0.15) is 0 Å². The molecule has 0 saturated carbocycles. The second-order valence-corrected chi connectivity index (χ2v) is 8.11. The average molecular weight is 421 g/mol. The van der Waals surface area contributed by atoms with Crippen LogP contribution < -0.4 is 4.72 Å². The summed E-state index contributed by atoms with van der Waals surface area (Å²) in [4.78, 5) is 14.7. The van der Waals surface area contributed by atoms with Crippen LogP contribution in [0.25, 0.3) is 0 Å². The van der Waals surface area contributed by atoms with Crippen molar-refractivity contribution in [2.75, 3.05) is 6.54 Å². The van der Waals surface area contributed by atoms with Crippen LogP contribution in [-0.2, 0) is 17.8 Å². The van der Waals surface area contributed by atoms with Gasteiger partial charge in [0.1, 0.15) is 11.6 Å². The van der Waals surface area contributed by atoms with Gasteiger partial charge in [-0.25, -0.2) is 8.78 Å². The van der Waals surface area contributed by atoms with Crippen molar-refractivity contribution < 1.29 is 13.6 Å². The quantitative estimate of drug-likeness (QED) is 0.612. The van der Waals surface area contributed by atoms with Gasteiger partial charge in [0, 0.05) is 35.5 Å². The lowest BCUT2D eigenvalue weighted by Gasteiger charge is -2.30. The van der Waals surface area contributed by atoms with Crippen LogP contribution in [0.3, 0.4) is 0 Å².